The van der Waals surface area contributed by atoms with E-state index in [4.69, 9.17) is 5.73 Å². The number of anilines is 3. The number of carbonyl (C=O) groups excluding carboxylic acids is 2. The molecular weight excluding hydrogens is 332 g/mol. The minimum Gasteiger partial charge on any atom is -0.453 e. The molecule has 0 saturated carbocycles. The van der Waals surface area contributed by atoms with Crippen LogP contribution in [-0.2, 0) is 4.74 Å². The number of carbonyl (C=O) groups is 2. The second-order valence-electron chi connectivity index (χ2n) is 6.16. The predicted octanol–water partition coefficient (Wildman–Crippen LogP) is 2.46. The van der Waals surface area contributed by atoms with Gasteiger partial charge in [0.1, 0.15) is 0 Å². The number of alkyl carbamates (subject to hydrolysis) is 1. The Hall–Kier alpha value is -3.22. The molecule has 26 heavy (non-hydrogen) atoms. The maximum atomic E-state index is 12.4. The molecule has 0 radical (unpaired) electrons. The lowest BCUT2D eigenvalue weighted by molar-refractivity contribution is 0.102. The van der Waals surface area contributed by atoms with E-state index in [1.165, 1.54) is 7.11 Å². The number of benzene rings is 2. The molecule has 0 spiro atoms. The van der Waals surface area contributed by atoms with Gasteiger partial charge in [0.05, 0.1) is 24.5 Å². The van der Waals surface area contributed by atoms with Crippen LogP contribution in [0.5, 0.6) is 0 Å². The van der Waals surface area contributed by atoms with Gasteiger partial charge in [0, 0.05) is 24.3 Å². The van der Waals surface area contributed by atoms with Crippen molar-refractivity contribution in [1.29, 1.82) is 0 Å². The molecule has 1 aliphatic rings. The van der Waals surface area contributed by atoms with E-state index in [-0.39, 0.29) is 11.9 Å². The summed E-state index contributed by atoms with van der Waals surface area (Å²) >= 11 is 0. The van der Waals surface area contributed by atoms with Crippen LogP contribution in [0.2, 0.25) is 0 Å². The number of nitrogen functional groups attached to an aromatic ring is 1. The minimum absolute atomic E-state index is 0.0616. The number of nitrogens with two attached hydrogens (primary N) is 1. The summed E-state index contributed by atoms with van der Waals surface area (Å²) in [7, 11) is 1.36. The Labute approximate surface area is 152 Å². The van der Waals surface area contributed by atoms with Crippen molar-refractivity contribution in [3.05, 3.63) is 54.1 Å². The summed E-state index contributed by atoms with van der Waals surface area (Å²) in [6.07, 6.45) is 0.439. The molecule has 1 atom stereocenters. The van der Waals surface area contributed by atoms with Crippen molar-refractivity contribution in [2.75, 3.05) is 36.1 Å². The van der Waals surface area contributed by atoms with E-state index in [1.807, 2.05) is 24.3 Å². The second kappa shape index (κ2) is 7.77. The van der Waals surface area contributed by atoms with E-state index < -0.39 is 6.09 Å². The molecule has 1 aliphatic heterocycles. The maximum absolute atomic E-state index is 12.4. The first-order valence-corrected chi connectivity index (χ1v) is 8.42. The quantitative estimate of drug-likeness (QED) is 0.733. The van der Waals surface area contributed by atoms with Crippen molar-refractivity contribution < 1.29 is 14.3 Å². The van der Waals surface area contributed by atoms with Gasteiger partial charge in [0.15, 0.2) is 0 Å². The monoisotopic (exact) mass is 354 g/mol. The molecule has 2 aromatic carbocycles. The first kappa shape index (κ1) is 17.6. The summed E-state index contributed by atoms with van der Waals surface area (Å²) < 4.78 is 4.63. The van der Waals surface area contributed by atoms with Gasteiger partial charge in [-0.05, 0) is 42.8 Å². The summed E-state index contributed by atoms with van der Waals surface area (Å²) in [5.41, 5.74) is 8.54. The van der Waals surface area contributed by atoms with Crippen LogP contribution in [-0.4, -0.2) is 38.2 Å². The molecular formula is C19H22N4O3. The van der Waals surface area contributed by atoms with E-state index in [0.717, 1.165) is 18.7 Å². The summed E-state index contributed by atoms with van der Waals surface area (Å²) in [6, 6.07) is 14.6. The molecule has 0 aromatic heterocycles. The van der Waals surface area contributed by atoms with Gasteiger partial charge in [0.2, 0.25) is 0 Å². The number of hydrogen-bond acceptors (Lipinski definition) is 5. The molecule has 1 fully saturated rings. The van der Waals surface area contributed by atoms with Gasteiger partial charge in [-0.2, -0.15) is 0 Å². The molecule has 4 N–H and O–H groups in total. The fourth-order valence-electron chi connectivity index (χ4n) is 2.97. The Morgan fingerprint density at radius 1 is 1.15 bits per heavy atom. The Bertz CT molecular complexity index is 792. The highest BCUT2D eigenvalue weighted by atomic mass is 16.5. The Morgan fingerprint density at radius 2 is 1.88 bits per heavy atom. The lowest BCUT2D eigenvalue weighted by Gasteiger charge is -2.19. The van der Waals surface area contributed by atoms with Crippen molar-refractivity contribution in [2.45, 2.75) is 12.5 Å². The first-order chi connectivity index (χ1) is 12.6. The molecule has 3 rings (SSSR count). The smallest absolute Gasteiger partial charge is 0.407 e. The zero-order valence-corrected chi connectivity index (χ0v) is 14.6. The average molecular weight is 354 g/mol. The molecule has 136 valence electrons. The molecule has 0 bridgehead atoms. The van der Waals surface area contributed by atoms with Gasteiger partial charge in [-0.25, -0.2) is 4.79 Å². The molecule has 1 saturated heterocycles. The molecule has 1 heterocycles. The molecule has 7 heteroatoms. The van der Waals surface area contributed by atoms with Gasteiger partial charge in [-0.15, -0.1) is 0 Å². The van der Waals surface area contributed by atoms with Gasteiger partial charge in [-0.1, -0.05) is 12.1 Å². The highest BCUT2D eigenvalue weighted by Crippen LogP contribution is 2.22. The third kappa shape index (κ3) is 4.05. The number of ether oxygens (including phenoxy) is 1. The van der Waals surface area contributed by atoms with E-state index in [1.54, 1.807) is 24.3 Å². The number of amides is 2. The third-order valence-corrected chi connectivity index (χ3v) is 4.40. The number of rotatable bonds is 4. The second-order valence-corrected chi connectivity index (χ2v) is 6.16. The highest BCUT2D eigenvalue weighted by Gasteiger charge is 2.24. The van der Waals surface area contributed by atoms with Crippen LogP contribution in [0.25, 0.3) is 0 Å². The van der Waals surface area contributed by atoms with Crippen LogP contribution in [0.15, 0.2) is 48.5 Å². The summed E-state index contributed by atoms with van der Waals surface area (Å²) in [6.45, 7) is 1.54. The minimum atomic E-state index is -0.413. The summed E-state index contributed by atoms with van der Waals surface area (Å²) in [4.78, 5) is 25.8. The van der Waals surface area contributed by atoms with Crippen LogP contribution >= 0.6 is 0 Å². The lowest BCUT2D eigenvalue weighted by atomic mass is 10.1. The average Bonchev–Trinajstić information content (AvgIpc) is 3.12. The number of methoxy groups -OCH3 is 1. The number of hydrogen-bond donors (Lipinski definition) is 3. The topological polar surface area (TPSA) is 96.7 Å². The number of para-hydroxylation sites is 2. The van der Waals surface area contributed by atoms with Crippen LogP contribution in [0, 0.1) is 0 Å². The van der Waals surface area contributed by atoms with Crippen LogP contribution < -0.4 is 21.3 Å². The molecule has 7 nitrogen and oxygen atoms in total. The summed E-state index contributed by atoms with van der Waals surface area (Å²) in [5.74, 6) is -0.207. The van der Waals surface area contributed by atoms with E-state index in [9.17, 15) is 9.59 Å². The van der Waals surface area contributed by atoms with Crippen LogP contribution in [0.3, 0.4) is 0 Å². The van der Waals surface area contributed by atoms with E-state index in [2.05, 4.69) is 20.3 Å². The molecule has 0 unspecified atom stereocenters. The molecule has 2 amide bonds. The fraction of sp³-hybridized carbons (Fsp3) is 0.263. The van der Waals surface area contributed by atoms with E-state index in [0.29, 0.717) is 23.5 Å². The maximum Gasteiger partial charge on any atom is 0.407 e. The van der Waals surface area contributed by atoms with Crippen LogP contribution in [0.1, 0.15) is 16.8 Å². The summed E-state index contributed by atoms with van der Waals surface area (Å²) in [5, 5.41) is 5.62. The van der Waals surface area contributed by atoms with Crippen molar-refractivity contribution >= 4 is 29.1 Å². The predicted molar refractivity (Wildman–Crippen MR) is 101 cm³/mol. The zero-order valence-electron chi connectivity index (χ0n) is 14.6. The Balaban J connectivity index is 1.61. The van der Waals surface area contributed by atoms with Gasteiger partial charge < -0.3 is 26.0 Å². The van der Waals surface area contributed by atoms with Gasteiger partial charge in [0.25, 0.3) is 5.91 Å². The lowest BCUT2D eigenvalue weighted by Crippen LogP contribution is -2.36. The first-order valence-electron chi connectivity index (χ1n) is 8.42. The van der Waals surface area contributed by atoms with Gasteiger partial charge in [-0.3, -0.25) is 4.79 Å². The fourth-order valence-corrected chi connectivity index (χ4v) is 2.97. The normalized spacial score (nSPS) is 16.2. The Kier molecular flexibility index (Phi) is 5.26. The van der Waals surface area contributed by atoms with Crippen LogP contribution in [0.4, 0.5) is 21.9 Å². The zero-order chi connectivity index (χ0) is 18.5. The van der Waals surface area contributed by atoms with Crippen molar-refractivity contribution in [3.63, 3.8) is 0 Å². The van der Waals surface area contributed by atoms with E-state index >= 15 is 0 Å². The molecule has 2 aromatic rings. The van der Waals surface area contributed by atoms with Crippen molar-refractivity contribution in [2.24, 2.45) is 0 Å². The van der Waals surface area contributed by atoms with Crippen molar-refractivity contribution in [3.8, 4) is 0 Å². The van der Waals surface area contributed by atoms with Crippen molar-refractivity contribution in [1.82, 2.24) is 5.32 Å². The SMILES string of the molecule is COC(=O)N[C@H]1CCN(c2ccc(C(=O)Nc3ccccc3N)cc2)C1. The standard InChI is InChI=1S/C19H22N4O3/c1-26-19(25)21-14-10-11-23(12-14)15-8-6-13(7-9-15)18(24)22-17-5-3-2-4-16(17)20/h2-9,14H,10-12,20H2,1H3,(H,21,25)(H,22,24)/t14-/m0/s1. The number of nitrogens with zero attached hydrogens (tertiary/aromatic N) is 1. The van der Waals surface area contributed by atoms with Gasteiger partial charge >= 0.3 is 6.09 Å². The Morgan fingerprint density at radius 3 is 2.58 bits per heavy atom. The number of nitrogens with one attached hydrogen (secondary N) is 2. The molecule has 0 aliphatic carbocycles. The highest BCUT2D eigenvalue weighted by molar-refractivity contribution is 6.05. The third-order valence-electron chi connectivity index (χ3n) is 4.40. The largest absolute Gasteiger partial charge is 0.453 e.